The van der Waals surface area contributed by atoms with Crippen LogP contribution in [0.25, 0.3) is 0 Å². The zero-order valence-electron chi connectivity index (χ0n) is 56.6. The first kappa shape index (κ1) is 71.0. The Morgan fingerprint density at radius 1 is 0.255 bits per heavy atom. The fraction of sp³-hybridized carbons (Fsp3) is 0.415. The lowest BCUT2D eigenvalue weighted by atomic mass is 9.88. The Morgan fingerprint density at radius 3 is 0.929 bits per heavy atom. The van der Waals surface area contributed by atoms with Gasteiger partial charge in [-0.3, -0.25) is 0 Å². The standard InChI is InChI=1S/C82H94O16/c1-55-56(2)92-57(3)71(85-47-61-32-16-7-17-33-61)70(55)96-82-79(76(89-51-65-40-24-11-25-41-65)73(59(5)94-82)87-49-63-36-20-9-21-37-63)98-80-69(83)75(72(58(4)93-80)86-48-62-34-18-8-19-35-62)97-81-78(91-53-67-44-28-13-29-45-67)77(90-52-66-42-26-12-27-43-66)74(88-50-64-38-22-10-23-39-64)68(95-81)54-84-46-60-30-14-6-15-31-60/h6-45,55-59,68-83H,46-54H2,1-5H3/t55?,56-,57?,58?,59?,68+,69?,70-,71-,72-,73-,74+,75-,76+,77?,78?,79?,80-,81+,82-/m0/s1. The molecule has 4 saturated heterocycles. The molecule has 0 aliphatic carbocycles. The van der Waals surface area contributed by atoms with E-state index >= 15 is 0 Å². The van der Waals surface area contributed by atoms with Crippen molar-refractivity contribution < 1.29 is 76.2 Å². The molecule has 16 nitrogen and oxygen atoms in total. The third-order valence-corrected chi connectivity index (χ3v) is 18.8. The van der Waals surface area contributed by atoms with Crippen LogP contribution in [0.1, 0.15) is 79.1 Å². The smallest absolute Gasteiger partial charge is 0.187 e. The molecule has 8 unspecified atom stereocenters. The minimum absolute atomic E-state index is 0.0675. The summed E-state index contributed by atoms with van der Waals surface area (Å²) in [6.45, 7) is 11.8. The molecule has 0 aromatic heterocycles. The topological polar surface area (TPSA) is 159 Å². The van der Waals surface area contributed by atoms with Gasteiger partial charge in [-0.15, -0.1) is 0 Å². The lowest BCUT2D eigenvalue weighted by Crippen LogP contribution is -2.67. The summed E-state index contributed by atoms with van der Waals surface area (Å²) in [4.78, 5) is 0. The van der Waals surface area contributed by atoms with Gasteiger partial charge in [0.2, 0.25) is 0 Å². The predicted octanol–water partition coefficient (Wildman–Crippen LogP) is 13.5. The quantitative estimate of drug-likeness (QED) is 0.0437. The number of benzene rings is 8. The van der Waals surface area contributed by atoms with Crippen LogP contribution in [-0.2, 0) is 124 Å². The van der Waals surface area contributed by atoms with Crippen LogP contribution in [0.5, 0.6) is 0 Å². The maximum absolute atomic E-state index is 13.7. The van der Waals surface area contributed by atoms with Crippen molar-refractivity contribution in [3.8, 4) is 0 Å². The molecule has 0 saturated carbocycles. The number of ether oxygens (including phenoxy) is 15. The summed E-state index contributed by atoms with van der Waals surface area (Å²) in [6.07, 6.45) is -17.0. The Bertz CT molecular complexity index is 3520. The van der Waals surface area contributed by atoms with Gasteiger partial charge in [0.05, 0.1) is 90.0 Å². The Hall–Kier alpha value is -6.88. The molecule has 8 aromatic rings. The Balaban J connectivity index is 0.928. The van der Waals surface area contributed by atoms with E-state index in [2.05, 4.69) is 13.8 Å². The molecule has 4 fully saturated rings. The van der Waals surface area contributed by atoms with Crippen molar-refractivity contribution in [2.45, 2.75) is 204 Å². The van der Waals surface area contributed by atoms with Crippen molar-refractivity contribution in [2.24, 2.45) is 5.92 Å². The maximum Gasteiger partial charge on any atom is 0.187 e. The molecule has 8 aromatic carbocycles. The predicted molar refractivity (Wildman–Crippen MR) is 368 cm³/mol. The van der Waals surface area contributed by atoms with Crippen molar-refractivity contribution >= 4 is 0 Å². The lowest BCUT2D eigenvalue weighted by Gasteiger charge is -2.51. The average Bonchev–Trinajstić information content (AvgIpc) is 0.768. The molecule has 4 aliphatic heterocycles. The van der Waals surface area contributed by atoms with Gasteiger partial charge in [0.1, 0.15) is 67.1 Å². The first-order chi connectivity index (χ1) is 48.1. The summed E-state index contributed by atoms with van der Waals surface area (Å²) in [6, 6.07) is 79.7. The average molecular weight is 1340 g/mol. The largest absolute Gasteiger partial charge is 0.385 e. The van der Waals surface area contributed by atoms with Gasteiger partial charge in [-0.2, -0.15) is 0 Å². The van der Waals surface area contributed by atoms with Crippen LogP contribution in [-0.4, -0.2) is 128 Å². The van der Waals surface area contributed by atoms with Crippen molar-refractivity contribution in [1.82, 2.24) is 0 Å². The van der Waals surface area contributed by atoms with Gasteiger partial charge in [0.15, 0.2) is 18.9 Å². The Labute approximate surface area is 577 Å². The van der Waals surface area contributed by atoms with Gasteiger partial charge in [0.25, 0.3) is 0 Å². The van der Waals surface area contributed by atoms with E-state index in [0.717, 1.165) is 44.5 Å². The van der Waals surface area contributed by atoms with Crippen molar-refractivity contribution in [1.29, 1.82) is 0 Å². The molecule has 98 heavy (non-hydrogen) atoms. The van der Waals surface area contributed by atoms with E-state index in [-0.39, 0.29) is 64.4 Å². The summed E-state index contributed by atoms with van der Waals surface area (Å²) in [5.74, 6) is -0.192. The molecule has 20 atom stereocenters. The molecule has 0 spiro atoms. The number of hydrogen-bond donors (Lipinski definition) is 1. The molecule has 4 aliphatic rings. The van der Waals surface area contributed by atoms with Gasteiger partial charge in [-0.05, 0) is 72.2 Å². The molecule has 1 N–H and O–H groups in total. The second-order valence-electron chi connectivity index (χ2n) is 26.0. The highest BCUT2D eigenvalue weighted by Gasteiger charge is 2.57. The zero-order chi connectivity index (χ0) is 67.4. The van der Waals surface area contributed by atoms with Gasteiger partial charge in [0, 0.05) is 5.92 Å². The minimum Gasteiger partial charge on any atom is -0.385 e. The molecule has 0 bridgehead atoms. The van der Waals surface area contributed by atoms with E-state index in [1.54, 1.807) is 0 Å². The minimum atomic E-state index is -1.60. The summed E-state index contributed by atoms with van der Waals surface area (Å²) >= 11 is 0. The highest BCUT2D eigenvalue weighted by atomic mass is 16.8. The first-order valence-corrected chi connectivity index (χ1v) is 34.5. The van der Waals surface area contributed by atoms with E-state index in [4.69, 9.17) is 71.1 Å². The molecule has 12 rings (SSSR count). The number of hydrogen-bond acceptors (Lipinski definition) is 16. The number of aliphatic hydroxyl groups excluding tert-OH is 1. The van der Waals surface area contributed by atoms with Crippen LogP contribution >= 0.6 is 0 Å². The van der Waals surface area contributed by atoms with Gasteiger partial charge in [-0.25, -0.2) is 0 Å². The third-order valence-electron chi connectivity index (χ3n) is 18.8. The second-order valence-corrected chi connectivity index (χ2v) is 26.0. The molecule has 0 radical (unpaired) electrons. The summed E-state index contributed by atoms with van der Waals surface area (Å²) in [5.41, 5.74) is 7.57. The van der Waals surface area contributed by atoms with Crippen LogP contribution in [0.4, 0.5) is 0 Å². The van der Waals surface area contributed by atoms with E-state index in [9.17, 15) is 5.11 Å². The Morgan fingerprint density at radius 2 is 0.531 bits per heavy atom. The van der Waals surface area contributed by atoms with Crippen LogP contribution in [0.2, 0.25) is 0 Å². The Kier molecular flexibility index (Phi) is 26.0. The van der Waals surface area contributed by atoms with E-state index in [1.165, 1.54) is 0 Å². The lowest BCUT2D eigenvalue weighted by molar-refractivity contribution is -0.398. The highest BCUT2D eigenvalue weighted by Crippen LogP contribution is 2.41. The fourth-order valence-corrected chi connectivity index (χ4v) is 13.3. The molecule has 16 heteroatoms. The van der Waals surface area contributed by atoms with Crippen LogP contribution in [0, 0.1) is 5.92 Å². The number of aliphatic hydroxyl groups is 1. The van der Waals surface area contributed by atoms with Crippen LogP contribution in [0.15, 0.2) is 243 Å². The second kappa shape index (κ2) is 35.9. The van der Waals surface area contributed by atoms with Crippen molar-refractivity contribution in [3.63, 3.8) is 0 Å². The van der Waals surface area contributed by atoms with Crippen molar-refractivity contribution in [3.05, 3.63) is 287 Å². The molecular formula is C82H94O16. The molecule has 4 heterocycles. The monoisotopic (exact) mass is 1330 g/mol. The van der Waals surface area contributed by atoms with Crippen LogP contribution in [0.3, 0.4) is 0 Å². The summed E-state index contributed by atoms with van der Waals surface area (Å²) < 4.78 is 106. The van der Waals surface area contributed by atoms with Gasteiger partial charge in [-0.1, -0.05) is 250 Å². The highest BCUT2D eigenvalue weighted by molar-refractivity contribution is 5.20. The SMILES string of the molecule is CC1O[C@@H](OC2[C@H](O[C@H]3C(C)[C@H](C)OC(C)[C@@H]3OCc3ccccc3)OC(C)[C@H](OCc3ccccc3)[C@H]2OCc2ccccc2)C(O)[C@H](O[C@H]2O[C@H](COCc3ccccc3)[C@@H](OCc3ccccc3)C(OCc3ccccc3)C2OCc2ccccc2)[C@H]1OCc1ccccc1. The first-order valence-electron chi connectivity index (χ1n) is 34.5. The number of rotatable bonds is 31. The van der Waals surface area contributed by atoms with Crippen molar-refractivity contribution in [2.75, 3.05) is 6.61 Å². The zero-order valence-corrected chi connectivity index (χ0v) is 56.6. The van der Waals surface area contributed by atoms with E-state index in [1.807, 2.05) is 263 Å². The molecule has 518 valence electrons. The van der Waals surface area contributed by atoms with Crippen LogP contribution < -0.4 is 0 Å². The molecular weight excluding hydrogens is 1240 g/mol. The van der Waals surface area contributed by atoms with Gasteiger partial charge < -0.3 is 76.2 Å². The normalized spacial score (nSPS) is 30.4. The molecule has 0 amide bonds. The third kappa shape index (κ3) is 19.1. The van der Waals surface area contributed by atoms with E-state index < -0.39 is 104 Å². The summed E-state index contributed by atoms with van der Waals surface area (Å²) in [5, 5.41) is 13.7. The fourth-order valence-electron chi connectivity index (χ4n) is 13.3. The van der Waals surface area contributed by atoms with Gasteiger partial charge >= 0.3 is 0 Å². The van der Waals surface area contributed by atoms with E-state index in [0.29, 0.717) is 13.2 Å². The maximum atomic E-state index is 13.7. The summed E-state index contributed by atoms with van der Waals surface area (Å²) in [7, 11) is 0.